The lowest BCUT2D eigenvalue weighted by molar-refractivity contribution is 0.0696. The molecule has 0 radical (unpaired) electrons. The average molecular weight is 312 g/mol. The van der Waals surface area contributed by atoms with Crippen molar-refractivity contribution in [2.24, 2.45) is 0 Å². The summed E-state index contributed by atoms with van der Waals surface area (Å²) < 4.78 is 32.0. The summed E-state index contributed by atoms with van der Waals surface area (Å²) in [6.45, 7) is 1.75. The van der Waals surface area contributed by atoms with Crippen LogP contribution in [0.4, 0.5) is 0 Å². The van der Waals surface area contributed by atoms with Crippen LogP contribution in [0.3, 0.4) is 0 Å². The molecule has 8 heteroatoms. The zero-order chi connectivity index (χ0) is 16.0. The molecule has 1 aromatic rings. The van der Waals surface area contributed by atoms with E-state index in [1.807, 2.05) is 6.07 Å². The Bertz CT molecular complexity index is 664. The Morgan fingerprint density at radius 1 is 1.52 bits per heavy atom. The smallest absolute Gasteiger partial charge is 0.335 e. The fourth-order valence-electron chi connectivity index (χ4n) is 1.68. The van der Waals surface area contributed by atoms with Crippen molar-refractivity contribution in [2.45, 2.75) is 30.7 Å². The van der Waals surface area contributed by atoms with Gasteiger partial charge in [0.25, 0.3) is 0 Å². The fourth-order valence-corrected chi connectivity index (χ4v) is 3.20. The van der Waals surface area contributed by atoms with Crippen LogP contribution in [-0.4, -0.2) is 32.6 Å². The van der Waals surface area contributed by atoms with Crippen LogP contribution in [-0.2, 0) is 10.0 Å². The van der Waals surface area contributed by atoms with Gasteiger partial charge in [0.05, 0.1) is 25.2 Å². The van der Waals surface area contributed by atoms with Crippen molar-refractivity contribution < 1.29 is 23.1 Å². The number of nitrogens with one attached hydrogen (secondary N) is 1. The maximum Gasteiger partial charge on any atom is 0.335 e. The standard InChI is InChI=1S/C13H16N2O5S/c1-3-10(6-7-14)15-21(18,19)12-8-9(13(16)17)4-5-11(12)20-2/h4-5,8,10,15H,3,6H2,1-2H3,(H,16,17). The van der Waals surface area contributed by atoms with Crippen molar-refractivity contribution in [3.8, 4) is 11.8 Å². The summed E-state index contributed by atoms with van der Waals surface area (Å²) in [6, 6.07) is 4.92. The predicted octanol–water partition coefficient (Wildman–Crippen LogP) is 1.36. The van der Waals surface area contributed by atoms with E-state index in [9.17, 15) is 13.2 Å². The first-order valence-corrected chi connectivity index (χ1v) is 7.64. The van der Waals surface area contributed by atoms with Crippen LogP contribution >= 0.6 is 0 Å². The number of methoxy groups -OCH3 is 1. The molecular weight excluding hydrogens is 296 g/mol. The molecule has 0 saturated carbocycles. The lowest BCUT2D eigenvalue weighted by Gasteiger charge is -2.16. The summed E-state index contributed by atoms with van der Waals surface area (Å²) >= 11 is 0. The quantitative estimate of drug-likeness (QED) is 0.785. The highest BCUT2D eigenvalue weighted by Crippen LogP contribution is 2.25. The first kappa shape index (κ1) is 16.9. The molecule has 0 aliphatic carbocycles. The van der Waals surface area contributed by atoms with Crippen molar-refractivity contribution in [3.05, 3.63) is 23.8 Å². The molecule has 21 heavy (non-hydrogen) atoms. The highest BCUT2D eigenvalue weighted by Gasteiger charge is 2.24. The van der Waals surface area contributed by atoms with Gasteiger partial charge >= 0.3 is 5.97 Å². The monoisotopic (exact) mass is 312 g/mol. The zero-order valence-corrected chi connectivity index (χ0v) is 12.5. The van der Waals surface area contributed by atoms with E-state index < -0.39 is 22.0 Å². The van der Waals surface area contributed by atoms with Gasteiger partial charge in [-0.15, -0.1) is 0 Å². The second-order valence-corrected chi connectivity index (χ2v) is 5.94. The Morgan fingerprint density at radius 2 is 2.19 bits per heavy atom. The molecule has 1 rings (SSSR count). The molecule has 0 heterocycles. The molecule has 0 aromatic heterocycles. The van der Waals surface area contributed by atoms with E-state index in [1.165, 1.54) is 19.2 Å². The molecular formula is C13H16N2O5S. The lowest BCUT2D eigenvalue weighted by atomic mass is 10.2. The van der Waals surface area contributed by atoms with Gasteiger partial charge in [0.15, 0.2) is 0 Å². The molecule has 0 bridgehead atoms. The molecule has 0 aliphatic rings. The van der Waals surface area contributed by atoms with E-state index in [2.05, 4.69) is 4.72 Å². The minimum atomic E-state index is -3.98. The Balaban J connectivity index is 3.26. The minimum absolute atomic E-state index is 0.0245. The number of nitriles is 1. The van der Waals surface area contributed by atoms with Gasteiger partial charge in [-0.25, -0.2) is 17.9 Å². The number of ether oxygens (including phenoxy) is 1. The highest BCUT2D eigenvalue weighted by atomic mass is 32.2. The number of aromatic carboxylic acids is 1. The Morgan fingerprint density at radius 3 is 2.67 bits per heavy atom. The van der Waals surface area contributed by atoms with E-state index in [1.54, 1.807) is 6.92 Å². The third-order valence-electron chi connectivity index (χ3n) is 2.85. The number of benzene rings is 1. The van der Waals surface area contributed by atoms with Gasteiger partial charge in [-0.3, -0.25) is 0 Å². The first-order valence-electron chi connectivity index (χ1n) is 6.16. The van der Waals surface area contributed by atoms with Crippen molar-refractivity contribution in [2.75, 3.05) is 7.11 Å². The van der Waals surface area contributed by atoms with Crippen LogP contribution in [0.1, 0.15) is 30.1 Å². The molecule has 1 unspecified atom stereocenters. The summed E-state index contributed by atoms with van der Waals surface area (Å²) in [7, 11) is -2.69. The van der Waals surface area contributed by atoms with Crippen LogP contribution in [0, 0.1) is 11.3 Å². The Hall–Kier alpha value is -2.11. The summed E-state index contributed by atoms with van der Waals surface area (Å²) in [4.78, 5) is 10.7. The van der Waals surface area contributed by atoms with E-state index >= 15 is 0 Å². The van der Waals surface area contributed by atoms with Gasteiger partial charge in [0.2, 0.25) is 10.0 Å². The normalized spacial score (nSPS) is 12.4. The molecule has 7 nitrogen and oxygen atoms in total. The van der Waals surface area contributed by atoms with Crippen molar-refractivity contribution in [1.29, 1.82) is 5.26 Å². The van der Waals surface area contributed by atoms with Gasteiger partial charge in [-0.1, -0.05) is 6.92 Å². The van der Waals surface area contributed by atoms with Gasteiger partial charge in [-0.2, -0.15) is 5.26 Å². The topological polar surface area (TPSA) is 116 Å². The van der Waals surface area contributed by atoms with E-state index in [0.717, 1.165) is 6.07 Å². The molecule has 1 atom stereocenters. The fraction of sp³-hybridized carbons (Fsp3) is 0.385. The molecule has 0 amide bonds. The molecule has 0 aliphatic heterocycles. The number of hydrogen-bond donors (Lipinski definition) is 2. The van der Waals surface area contributed by atoms with E-state index in [4.69, 9.17) is 15.1 Å². The summed E-state index contributed by atoms with van der Waals surface area (Å²) in [5.41, 5.74) is -0.162. The van der Waals surface area contributed by atoms with Gasteiger partial charge < -0.3 is 9.84 Å². The summed E-state index contributed by atoms with van der Waals surface area (Å²) in [5.74, 6) is -1.20. The highest BCUT2D eigenvalue weighted by molar-refractivity contribution is 7.89. The molecule has 2 N–H and O–H groups in total. The number of carboxylic acids is 1. The number of sulfonamides is 1. The Labute approximate surface area is 123 Å². The van der Waals surface area contributed by atoms with Crippen molar-refractivity contribution >= 4 is 16.0 Å². The third-order valence-corrected chi connectivity index (χ3v) is 4.39. The predicted molar refractivity (Wildman–Crippen MR) is 74.6 cm³/mol. The minimum Gasteiger partial charge on any atom is -0.495 e. The van der Waals surface area contributed by atoms with Gasteiger partial charge in [0.1, 0.15) is 10.6 Å². The maximum atomic E-state index is 12.3. The number of nitrogens with zero attached hydrogens (tertiary/aromatic N) is 1. The van der Waals surface area contributed by atoms with Crippen LogP contribution in [0.5, 0.6) is 5.75 Å². The van der Waals surface area contributed by atoms with Crippen LogP contribution in [0.25, 0.3) is 0 Å². The maximum absolute atomic E-state index is 12.3. The van der Waals surface area contributed by atoms with E-state index in [-0.39, 0.29) is 22.6 Å². The van der Waals surface area contributed by atoms with Crippen LogP contribution in [0.2, 0.25) is 0 Å². The van der Waals surface area contributed by atoms with Crippen molar-refractivity contribution in [3.63, 3.8) is 0 Å². The number of hydrogen-bond acceptors (Lipinski definition) is 5. The third kappa shape index (κ3) is 4.18. The average Bonchev–Trinajstić information content (AvgIpc) is 2.45. The molecule has 0 spiro atoms. The molecule has 114 valence electrons. The largest absolute Gasteiger partial charge is 0.495 e. The number of carbonyl (C=O) groups is 1. The van der Waals surface area contributed by atoms with Crippen LogP contribution in [0.15, 0.2) is 23.1 Å². The number of carboxylic acid groups (broad SMARTS) is 1. The number of rotatable bonds is 7. The zero-order valence-electron chi connectivity index (χ0n) is 11.7. The summed E-state index contributed by atoms with van der Waals surface area (Å²) in [6.07, 6.45) is 0.463. The first-order chi connectivity index (χ1) is 9.85. The second-order valence-electron chi connectivity index (χ2n) is 4.26. The SMILES string of the molecule is CCC(CC#N)NS(=O)(=O)c1cc(C(=O)O)ccc1OC. The van der Waals surface area contributed by atoms with Gasteiger partial charge in [-0.05, 0) is 24.6 Å². The lowest BCUT2D eigenvalue weighted by Crippen LogP contribution is -2.34. The second kappa shape index (κ2) is 7.06. The van der Waals surface area contributed by atoms with Gasteiger partial charge in [0, 0.05) is 6.04 Å². The van der Waals surface area contributed by atoms with Crippen molar-refractivity contribution in [1.82, 2.24) is 4.72 Å². The molecule has 0 saturated heterocycles. The van der Waals surface area contributed by atoms with Crippen LogP contribution < -0.4 is 9.46 Å². The molecule has 1 aromatic carbocycles. The Kier molecular flexibility index (Phi) is 5.69. The molecule has 0 fully saturated rings. The van der Waals surface area contributed by atoms with E-state index in [0.29, 0.717) is 6.42 Å². The summed E-state index contributed by atoms with van der Waals surface area (Å²) in [5, 5.41) is 17.6.